The van der Waals surface area contributed by atoms with Crippen molar-refractivity contribution in [2.75, 3.05) is 58.4 Å². The molecule has 27 N–H and O–H groups in total. The van der Waals surface area contributed by atoms with Crippen molar-refractivity contribution in [3.8, 4) is 0 Å². The molecule has 15 amide bonds. The van der Waals surface area contributed by atoms with E-state index < -0.39 is 219 Å². The van der Waals surface area contributed by atoms with Gasteiger partial charge in [-0.3, -0.25) is 76.9 Å². The number of aliphatic imine (C=N–C) groups is 1. The van der Waals surface area contributed by atoms with E-state index in [1.807, 2.05) is 5.32 Å². The number of hydrogen-bond acceptors (Lipinski definition) is 23. The quantitative estimate of drug-likeness (QED) is 0.0116. The lowest BCUT2D eigenvalue weighted by Gasteiger charge is -2.28. The summed E-state index contributed by atoms with van der Waals surface area (Å²) in [4.78, 5) is 209. The van der Waals surface area contributed by atoms with Gasteiger partial charge in [0.2, 0.25) is 88.6 Å². The summed E-state index contributed by atoms with van der Waals surface area (Å²) < 4.78 is 0. The maximum Gasteiger partial charge on any atom is 0.328 e. The molecule has 94 heavy (non-hydrogen) atoms. The number of carboxylic acids is 1. The number of amides is 15. The minimum atomic E-state index is -1.79. The Morgan fingerprint density at radius 1 is 0.394 bits per heavy atom. The maximum atomic E-state index is 14.2. The summed E-state index contributed by atoms with van der Waals surface area (Å²) in [7, 11) is 0. The van der Waals surface area contributed by atoms with Crippen LogP contribution >= 0.6 is 12.6 Å². The fourth-order valence-electron chi connectivity index (χ4n) is 7.74. The number of primary amides is 1. The zero-order valence-electron chi connectivity index (χ0n) is 53.2. The van der Waals surface area contributed by atoms with E-state index >= 15 is 0 Å². The van der Waals surface area contributed by atoms with Gasteiger partial charge in [0, 0.05) is 18.7 Å². The molecular weight excluding hydrogens is 1270 g/mol. The molecule has 0 unspecified atom stereocenters. The monoisotopic (exact) mass is 1360 g/mol. The third-order valence-corrected chi connectivity index (χ3v) is 13.3. The van der Waals surface area contributed by atoms with Crippen molar-refractivity contribution in [3.05, 3.63) is 0 Å². The summed E-state index contributed by atoms with van der Waals surface area (Å²) >= 11 is 4.10. The molecule has 0 radical (unpaired) electrons. The maximum absolute atomic E-state index is 14.2. The van der Waals surface area contributed by atoms with E-state index in [1.165, 1.54) is 20.8 Å². The summed E-state index contributed by atoms with van der Waals surface area (Å²) in [6.07, 6.45) is -0.572. The van der Waals surface area contributed by atoms with Crippen LogP contribution in [0, 0.1) is 11.8 Å². The number of nitrogens with one attached hydrogen (secondary N) is 14. The molecule has 0 saturated heterocycles. The SMILES string of the molecule is CC(C)C[C@H](NC(=O)[C@H](CO)NC(=O)CNC(=O)CNC(=O)[C@H](C)NC(=O)[C@@H](N)CCC(N)=O)C(=O)N[C@@H](CCCN=C(N)N)C(=O)N[C@@H](CC(C)C)C(=O)N[C@@H](CO)C(=O)N[C@@H](CS)C(=O)N[C@@H](C)C(=O)N[C@@H](C)C(=O)N[C@@H](CO)C(=O)NCC(=O)N[C@@H](CO)C(=O)O. The van der Waals surface area contributed by atoms with Gasteiger partial charge in [-0.25, -0.2) is 4.79 Å². The summed E-state index contributed by atoms with van der Waals surface area (Å²) in [6.45, 7) is 4.06. The molecule has 0 aromatic rings. The molecule has 0 rings (SSSR count). The summed E-state index contributed by atoms with van der Waals surface area (Å²) in [5.41, 5.74) is 21.7. The normalized spacial score (nSPS) is 14.8. The molecule has 0 aromatic carbocycles. The number of nitrogens with zero attached hydrogens (tertiary/aromatic N) is 1. The van der Waals surface area contributed by atoms with E-state index in [2.05, 4.69) is 86.7 Å². The van der Waals surface area contributed by atoms with E-state index in [9.17, 15) is 92.0 Å². The van der Waals surface area contributed by atoms with Crippen molar-refractivity contribution in [2.24, 2.45) is 39.8 Å². The molecule has 532 valence electrons. The van der Waals surface area contributed by atoms with E-state index in [0.29, 0.717) is 0 Å². The second kappa shape index (κ2) is 44.5. The van der Waals surface area contributed by atoms with Crippen LogP contribution in [0.1, 0.15) is 87.0 Å². The average molecular weight is 1360 g/mol. The van der Waals surface area contributed by atoms with Crippen LogP contribution < -0.4 is 97.4 Å². The van der Waals surface area contributed by atoms with Gasteiger partial charge in [-0.1, -0.05) is 27.7 Å². The highest BCUT2D eigenvalue weighted by Crippen LogP contribution is 2.11. The highest BCUT2D eigenvalue weighted by Gasteiger charge is 2.35. The van der Waals surface area contributed by atoms with Crippen LogP contribution in [0.5, 0.6) is 0 Å². The number of aliphatic hydroxyl groups excluding tert-OH is 4. The Hall–Kier alpha value is -9.06. The lowest BCUT2D eigenvalue weighted by molar-refractivity contribution is -0.143. The number of guanidine groups is 1. The van der Waals surface area contributed by atoms with Crippen LogP contribution in [0.4, 0.5) is 0 Å². The van der Waals surface area contributed by atoms with Gasteiger partial charge in [0.1, 0.15) is 66.5 Å². The van der Waals surface area contributed by atoms with Gasteiger partial charge in [0.25, 0.3) is 0 Å². The number of carboxylic acid groups (broad SMARTS) is 1. The highest BCUT2D eigenvalue weighted by molar-refractivity contribution is 7.80. The van der Waals surface area contributed by atoms with Crippen molar-refractivity contribution in [3.63, 3.8) is 0 Å². The minimum absolute atomic E-state index is 0.0484. The van der Waals surface area contributed by atoms with Gasteiger partial charge in [-0.2, -0.15) is 12.6 Å². The van der Waals surface area contributed by atoms with Crippen LogP contribution in [-0.2, 0) is 76.7 Å². The Balaban J connectivity index is 6.05. The molecule has 40 nitrogen and oxygen atoms in total. The average Bonchev–Trinajstić information content (AvgIpc) is 0.940. The molecule has 0 aliphatic heterocycles. The Morgan fingerprint density at radius 3 is 1.21 bits per heavy atom. The minimum Gasteiger partial charge on any atom is -0.480 e. The highest BCUT2D eigenvalue weighted by atomic mass is 32.1. The van der Waals surface area contributed by atoms with Crippen molar-refractivity contribution < 1.29 is 102 Å². The van der Waals surface area contributed by atoms with Gasteiger partial charge >= 0.3 is 5.97 Å². The second-order valence-corrected chi connectivity index (χ2v) is 22.4. The Bertz CT molecular complexity index is 2670. The van der Waals surface area contributed by atoms with Crippen molar-refractivity contribution in [1.82, 2.24) is 74.4 Å². The molecule has 0 aliphatic carbocycles. The number of rotatable bonds is 45. The Morgan fingerprint density at radius 2 is 0.745 bits per heavy atom. The van der Waals surface area contributed by atoms with E-state index in [1.54, 1.807) is 27.7 Å². The molecule has 0 aromatic heterocycles. The van der Waals surface area contributed by atoms with E-state index in [0.717, 1.165) is 0 Å². The first-order valence-electron chi connectivity index (χ1n) is 29.5. The topological polar surface area (TPSA) is 659 Å². The molecule has 0 saturated carbocycles. The zero-order valence-corrected chi connectivity index (χ0v) is 54.1. The van der Waals surface area contributed by atoms with Gasteiger partial charge in [0.15, 0.2) is 5.96 Å². The van der Waals surface area contributed by atoms with E-state index in [4.69, 9.17) is 33.1 Å². The number of thiol groups is 1. The molecule has 0 bridgehead atoms. The molecule has 0 spiro atoms. The predicted molar refractivity (Wildman–Crippen MR) is 332 cm³/mol. The third-order valence-electron chi connectivity index (χ3n) is 12.9. The molecule has 12 atom stereocenters. The molecule has 41 heteroatoms. The molecule has 0 aliphatic rings. The lowest BCUT2D eigenvalue weighted by atomic mass is 10.0. The number of carbonyl (C=O) groups excluding carboxylic acids is 15. The molecule has 0 fully saturated rings. The van der Waals surface area contributed by atoms with E-state index in [-0.39, 0.29) is 62.9 Å². The fourth-order valence-corrected chi connectivity index (χ4v) is 8.00. The first-order chi connectivity index (χ1) is 43.9. The van der Waals surface area contributed by atoms with Crippen LogP contribution in [-0.4, -0.2) is 257 Å². The van der Waals surface area contributed by atoms with Crippen molar-refractivity contribution in [2.45, 2.75) is 159 Å². The number of nitrogens with two attached hydrogens (primary N) is 4. The van der Waals surface area contributed by atoms with Crippen LogP contribution in [0.25, 0.3) is 0 Å². The Kier molecular flexibility index (Phi) is 40.2. The van der Waals surface area contributed by atoms with Crippen LogP contribution in [0.3, 0.4) is 0 Å². The largest absolute Gasteiger partial charge is 0.480 e. The van der Waals surface area contributed by atoms with Gasteiger partial charge in [-0.15, -0.1) is 0 Å². The zero-order chi connectivity index (χ0) is 72.1. The van der Waals surface area contributed by atoms with Gasteiger partial charge < -0.3 is 123 Å². The standard InChI is InChI=1S/C53H93N19O21S/c1-23(2)13-30(69-49(89)33(19-74)65-39(79)16-59-38(78)15-60-41(81)25(5)63-44(84)28(54)10-11-37(55)77)47(87)67-29(9-8-12-58-53(56)57)46(86)68-31(14-24(3)4)48(88)71-34(20-75)50(90)72-36(22-94)51(91)64-26(6)42(82)62-27(7)43(83)70-32(18-73)45(85)61-17-40(80)66-35(21-76)52(92)93/h23-36,73-76,94H,8-22,54H2,1-7H3,(H2,55,77)(H,59,78)(H,60,81)(H,61,85)(H,62,82)(H,63,84)(H,64,91)(H,65,79)(H,66,80)(H,67,87)(H,68,86)(H,69,89)(H,70,83)(H,71,88)(H,72,90)(H,92,93)(H4,56,57,58)/t25-,26-,27-,28-,29-,30-,31-,32-,33-,34-,35-,36-/m0/s1. The molecular formula is C53H93N19O21S. The predicted octanol–water partition coefficient (Wildman–Crippen LogP) is -12.6. The van der Waals surface area contributed by atoms with Gasteiger partial charge in [-0.05, 0) is 64.7 Å². The number of hydrogen-bond donors (Lipinski definition) is 24. The first-order valence-corrected chi connectivity index (χ1v) is 30.1. The molecule has 0 heterocycles. The van der Waals surface area contributed by atoms with Crippen LogP contribution in [0.2, 0.25) is 0 Å². The first kappa shape index (κ1) is 84.9. The summed E-state index contributed by atoms with van der Waals surface area (Å²) in [5.74, 6) is -17.4. The lowest BCUT2D eigenvalue weighted by Crippen LogP contribution is -2.61. The number of aliphatic carboxylic acids is 1. The number of aliphatic hydroxyl groups is 4. The smallest absolute Gasteiger partial charge is 0.328 e. The van der Waals surface area contributed by atoms with Gasteiger partial charge in [0.05, 0.1) is 52.1 Å². The van der Waals surface area contributed by atoms with Crippen molar-refractivity contribution in [1.29, 1.82) is 0 Å². The third kappa shape index (κ3) is 34.0. The Labute approximate surface area is 545 Å². The van der Waals surface area contributed by atoms with Crippen molar-refractivity contribution >= 4 is 113 Å². The summed E-state index contributed by atoms with van der Waals surface area (Å²) in [5, 5.41) is 79.9. The summed E-state index contributed by atoms with van der Waals surface area (Å²) in [6, 6.07) is -18.0. The second-order valence-electron chi connectivity index (χ2n) is 22.1. The number of carbonyl (C=O) groups is 16. The van der Waals surface area contributed by atoms with Crippen LogP contribution in [0.15, 0.2) is 4.99 Å². The fraction of sp³-hybridized carbons (Fsp3) is 0.679.